The van der Waals surface area contributed by atoms with Gasteiger partial charge >= 0.3 is 5.97 Å². The number of esters is 1. The Morgan fingerprint density at radius 3 is 3.20 bits per heavy atom. The summed E-state index contributed by atoms with van der Waals surface area (Å²) in [5.74, 6) is 4.52. The molecule has 15 heavy (non-hydrogen) atoms. The summed E-state index contributed by atoms with van der Waals surface area (Å²) >= 11 is 0. The van der Waals surface area contributed by atoms with Crippen molar-refractivity contribution in [1.82, 2.24) is 10.2 Å². The van der Waals surface area contributed by atoms with E-state index in [4.69, 9.17) is 0 Å². The van der Waals surface area contributed by atoms with Gasteiger partial charge < -0.3 is 4.74 Å². The SMILES string of the molecule is COC(=O)C#Cc1ccc2cn[nH]c2c1. The van der Waals surface area contributed by atoms with Gasteiger partial charge in [0.15, 0.2) is 0 Å². The molecule has 4 nitrogen and oxygen atoms in total. The number of hydrogen-bond donors (Lipinski definition) is 1. The first-order valence-corrected chi connectivity index (χ1v) is 4.33. The second-order valence-corrected chi connectivity index (χ2v) is 2.91. The van der Waals surface area contributed by atoms with E-state index in [2.05, 4.69) is 26.8 Å². The van der Waals surface area contributed by atoms with Gasteiger partial charge in [-0.25, -0.2) is 4.79 Å². The number of carbonyl (C=O) groups excluding carboxylic acids is 1. The van der Waals surface area contributed by atoms with Gasteiger partial charge in [-0.05, 0) is 18.2 Å². The quantitative estimate of drug-likeness (QED) is 0.511. The number of nitrogens with one attached hydrogen (secondary N) is 1. The van der Waals surface area contributed by atoms with Crippen molar-refractivity contribution in [2.45, 2.75) is 0 Å². The highest BCUT2D eigenvalue weighted by atomic mass is 16.5. The molecule has 0 bridgehead atoms. The zero-order chi connectivity index (χ0) is 10.7. The number of aromatic nitrogens is 2. The van der Waals surface area contributed by atoms with Gasteiger partial charge in [0.25, 0.3) is 0 Å². The van der Waals surface area contributed by atoms with Crippen LogP contribution in [0.3, 0.4) is 0 Å². The van der Waals surface area contributed by atoms with Crippen molar-refractivity contribution in [2.75, 3.05) is 7.11 Å². The highest BCUT2D eigenvalue weighted by Crippen LogP contribution is 2.11. The molecule has 1 aromatic carbocycles. The fourth-order valence-corrected chi connectivity index (χ4v) is 1.19. The zero-order valence-electron chi connectivity index (χ0n) is 8.07. The van der Waals surface area contributed by atoms with Crippen molar-refractivity contribution in [2.24, 2.45) is 0 Å². The Kier molecular flexibility index (Phi) is 2.38. The topological polar surface area (TPSA) is 55.0 Å². The molecule has 0 spiro atoms. The Morgan fingerprint density at radius 1 is 1.53 bits per heavy atom. The number of fused-ring (bicyclic) bond motifs is 1. The molecule has 0 atom stereocenters. The summed E-state index contributed by atoms with van der Waals surface area (Å²) < 4.78 is 4.41. The molecule has 0 saturated heterocycles. The van der Waals surface area contributed by atoms with Crippen LogP contribution in [-0.4, -0.2) is 23.3 Å². The zero-order valence-corrected chi connectivity index (χ0v) is 8.07. The van der Waals surface area contributed by atoms with E-state index in [1.165, 1.54) is 7.11 Å². The molecule has 74 valence electrons. The van der Waals surface area contributed by atoms with Gasteiger partial charge in [-0.3, -0.25) is 5.10 Å². The molecule has 0 radical (unpaired) electrons. The number of H-pyrrole nitrogens is 1. The van der Waals surface area contributed by atoms with E-state index in [9.17, 15) is 4.79 Å². The number of hydrogen-bond acceptors (Lipinski definition) is 3. The third kappa shape index (κ3) is 1.97. The maximum atomic E-state index is 10.8. The monoisotopic (exact) mass is 200 g/mol. The standard InChI is InChI=1S/C11H8N2O2/c1-15-11(14)5-3-8-2-4-9-7-12-13-10(9)6-8/h2,4,6-7H,1H3,(H,12,13). The minimum atomic E-state index is -0.542. The molecule has 1 heterocycles. The second kappa shape index (κ2) is 3.84. The van der Waals surface area contributed by atoms with Crippen LogP contribution in [0.15, 0.2) is 24.4 Å². The number of ether oxygens (including phenoxy) is 1. The van der Waals surface area contributed by atoms with E-state index >= 15 is 0 Å². The van der Waals surface area contributed by atoms with E-state index in [0.29, 0.717) is 0 Å². The van der Waals surface area contributed by atoms with Gasteiger partial charge in [0.2, 0.25) is 0 Å². The van der Waals surface area contributed by atoms with E-state index in [1.54, 1.807) is 6.20 Å². The average molecular weight is 200 g/mol. The smallest absolute Gasteiger partial charge is 0.384 e. The van der Waals surface area contributed by atoms with Crippen molar-refractivity contribution in [3.05, 3.63) is 30.0 Å². The Hall–Kier alpha value is -2.28. The summed E-state index contributed by atoms with van der Waals surface area (Å²) in [4.78, 5) is 10.8. The Bertz CT molecular complexity index is 560. The summed E-state index contributed by atoms with van der Waals surface area (Å²) in [5.41, 5.74) is 1.64. The number of carbonyl (C=O) groups is 1. The van der Waals surface area contributed by atoms with E-state index in [0.717, 1.165) is 16.5 Å². The molecule has 0 aliphatic rings. The molecule has 1 N–H and O–H groups in total. The number of aromatic amines is 1. The van der Waals surface area contributed by atoms with Gasteiger partial charge in [-0.15, -0.1) is 0 Å². The molecule has 0 amide bonds. The third-order valence-electron chi connectivity index (χ3n) is 1.94. The van der Waals surface area contributed by atoms with Gasteiger partial charge in [0.05, 0.1) is 18.8 Å². The van der Waals surface area contributed by atoms with Crippen LogP contribution < -0.4 is 0 Å². The largest absolute Gasteiger partial charge is 0.459 e. The van der Waals surface area contributed by atoms with Crippen molar-refractivity contribution in [1.29, 1.82) is 0 Å². The summed E-state index contributed by atoms with van der Waals surface area (Å²) in [6, 6.07) is 5.55. The van der Waals surface area contributed by atoms with Gasteiger partial charge in [-0.2, -0.15) is 5.10 Å². The predicted molar refractivity (Wildman–Crippen MR) is 55.0 cm³/mol. The molecule has 0 saturated carbocycles. The maximum Gasteiger partial charge on any atom is 0.384 e. The van der Waals surface area contributed by atoms with Crippen molar-refractivity contribution in [3.63, 3.8) is 0 Å². The summed E-state index contributed by atoms with van der Waals surface area (Å²) in [5, 5.41) is 7.73. The lowest BCUT2D eigenvalue weighted by molar-refractivity contribution is -0.133. The van der Waals surface area contributed by atoms with Crippen LogP contribution in [0.5, 0.6) is 0 Å². The Morgan fingerprint density at radius 2 is 2.40 bits per heavy atom. The third-order valence-corrected chi connectivity index (χ3v) is 1.94. The van der Waals surface area contributed by atoms with Crippen LogP contribution in [0.25, 0.3) is 10.9 Å². The van der Waals surface area contributed by atoms with Crippen molar-refractivity contribution < 1.29 is 9.53 Å². The van der Waals surface area contributed by atoms with E-state index in [1.807, 2.05) is 18.2 Å². The van der Waals surface area contributed by atoms with Crippen LogP contribution >= 0.6 is 0 Å². The summed E-state index contributed by atoms with van der Waals surface area (Å²) in [6.07, 6.45) is 1.73. The minimum absolute atomic E-state index is 0.542. The number of nitrogens with zero attached hydrogens (tertiary/aromatic N) is 1. The molecule has 0 fully saturated rings. The second-order valence-electron chi connectivity index (χ2n) is 2.91. The fourth-order valence-electron chi connectivity index (χ4n) is 1.19. The molecular weight excluding hydrogens is 192 g/mol. The first-order chi connectivity index (χ1) is 7.29. The molecule has 2 aromatic rings. The Labute approximate surface area is 86.2 Å². The summed E-state index contributed by atoms with van der Waals surface area (Å²) in [6.45, 7) is 0. The number of benzene rings is 1. The molecule has 0 aliphatic carbocycles. The van der Waals surface area contributed by atoms with E-state index in [-0.39, 0.29) is 0 Å². The lowest BCUT2D eigenvalue weighted by atomic mass is 10.2. The Balaban J connectivity index is 2.35. The maximum absolute atomic E-state index is 10.8. The van der Waals surface area contributed by atoms with E-state index < -0.39 is 5.97 Å². The van der Waals surface area contributed by atoms with Crippen LogP contribution in [0.4, 0.5) is 0 Å². The fraction of sp³-hybridized carbons (Fsp3) is 0.0909. The molecule has 0 unspecified atom stereocenters. The lowest BCUT2D eigenvalue weighted by Crippen LogP contribution is -1.94. The molecule has 0 aliphatic heterocycles. The lowest BCUT2D eigenvalue weighted by Gasteiger charge is -1.90. The normalized spacial score (nSPS) is 9.40. The summed E-state index contributed by atoms with van der Waals surface area (Å²) in [7, 11) is 1.30. The van der Waals surface area contributed by atoms with Crippen molar-refractivity contribution in [3.8, 4) is 11.8 Å². The first kappa shape index (κ1) is 9.28. The average Bonchev–Trinajstić information content (AvgIpc) is 2.72. The van der Waals surface area contributed by atoms with Crippen molar-refractivity contribution >= 4 is 16.9 Å². The van der Waals surface area contributed by atoms with Crippen LogP contribution in [-0.2, 0) is 9.53 Å². The molecule has 1 aromatic heterocycles. The highest BCUT2D eigenvalue weighted by molar-refractivity contribution is 5.89. The minimum Gasteiger partial charge on any atom is -0.459 e. The number of rotatable bonds is 0. The predicted octanol–water partition coefficient (Wildman–Crippen LogP) is 1.09. The molecular formula is C11H8N2O2. The van der Waals surface area contributed by atoms with Crippen LogP contribution in [0, 0.1) is 11.8 Å². The van der Waals surface area contributed by atoms with Crippen LogP contribution in [0.1, 0.15) is 5.56 Å². The van der Waals surface area contributed by atoms with Gasteiger partial charge in [0.1, 0.15) is 0 Å². The molecule has 4 heteroatoms. The van der Waals surface area contributed by atoms with Crippen LogP contribution in [0.2, 0.25) is 0 Å². The highest BCUT2D eigenvalue weighted by Gasteiger charge is 1.96. The number of methoxy groups -OCH3 is 1. The first-order valence-electron chi connectivity index (χ1n) is 4.33. The van der Waals surface area contributed by atoms with Gasteiger partial charge in [0, 0.05) is 16.9 Å². The van der Waals surface area contributed by atoms with Gasteiger partial charge in [-0.1, -0.05) is 5.92 Å². The molecule has 2 rings (SSSR count).